The van der Waals surface area contributed by atoms with Gasteiger partial charge in [0.25, 0.3) is 11.5 Å². The summed E-state index contributed by atoms with van der Waals surface area (Å²) in [6.45, 7) is 0. The summed E-state index contributed by atoms with van der Waals surface area (Å²) in [6, 6.07) is 25.1. The molecule has 0 saturated heterocycles. The first-order valence-corrected chi connectivity index (χ1v) is 10.3. The first kappa shape index (κ1) is 21.9. The van der Waals surface area contributed by atoms with Crippen LogP contribution in [0.15, 0.2) is 112 Å². The molecule has 8 heteroatoms. The maximum atomic E-state index is 13.2. The van der Waals surface area contributed by atoms with Crippen molar-refractivity contribution in [3.8, 4) is 16.9 Å². The van der Waals surface area contributed by atoms with Crippen LogP contribution >= 0.6 is 11.6 Å². The van der Waals surface area contributed by atoms with E-state index in [2.05, 4.69) is 15.3 Å². The van der Waals surface area contributed by atoms with Crippen LogP contribution in [-0.2, 0) is 4.79 Å². The van der Waals surface area contributed by atoms with E-state index in [0.717, 1.165) is 5.56 Å². The highest BCUT2D eigenvalue weighted by Gasteiger charge is 2.24. The molecule has 0 bridgehead atoms. The molecule has 1 aliphatic heterocycles. The Morgan fingerprint density at radius 1 is 0.879 bits per heavy atom. The van der Waals surface area contributed by atoms with E-state index in [0.29, 0.717) is 22.0 Å². The van der Waals surface area contributed by atoms with Crippen LogP contribution in [0.5, 0.6) is 0 Å². The fourth-order valence-corrected chi connectivity index (χ4v) is 3.41. The van der Waals surface area contributed by atoms with Gasteiger partial charge in [0.15, 0.2) is 0 Å². The van der Waals surface area contributed by atoms with Gasteiger partial charge in [0.1, 0.15) is 5.56 Å². The lowest BCUT2D eigenvalue weighted by atomic mass is 10.0. The zero-order valence-electron chi connectivity index (χ0n) is 17.2. The molecule has 0 unspecified atom stereocenters. The van der Waals surface area contributed by atoms with Gasteiger partial charge in [0.2, 0.25) is 5.78 Å². The Hall–Kier alpha value is -4.36. The van der Waals surface area contributed by atoms with Crippen LogP contribution in [0.3, 0.4) is 0 Å². The maximum Gasteiger partial charge on any atom is 0.289 e. The normalized spacial score (nSPS) is 11.8. The number of aromatic amines is 1. The van der Waals surface area contributed by atoms with Crippen LogP contribution in [0.4, 0.5) is 0 Å². The molecular weight excluding hydrogens is 440 g/mol. The number of ketones is 1. The Morgan fingerprint density at radius 2 is 1.58 bits per heavy atom. The quantitative estimate of drug-likeness (QED) is 0.427. The fourth-order valence-electron chi connectivity index (χ4n) is 3.22. The first-order valence-electron chi connectivity index (χ1n) is 9.92. The maximum absolute atomic E-state index is 13.2. The van der Waals surface area contributed by atoms with Crippen molar-refractivity contribution in [3.05, 3.63) is 124 Å². The van der Waals surface area contributed by atoms with E-state index in [9.17, 15) is 14.4 Å². The second-order valence-electron chi connectivity index (χ2n) is 6.91. The van der Waals surface area contributed by atoms with E-state index in [1.807, 2.05) is 48.5 Å². The summed E-state index contributed by atoms with van der Waals surface area (Å²) in [4.78, 5) is 36.2. The van der Waals surface area contributed by atoms with Gasteiger partial charge in [0.05, 0.1) is 17.6 Å². The number of hydrogen-bond donors (Lipinski definition) is 1. The molecule has 4 aromatic rings. The summed E-state index contributed by atoms with van der Waals surface area (Å²) in [7, 11) is 0. The Morgan fingerprint density at radius 3 is 2.15 bits per heavy atom. The molecule has 7 nitrogen and oxygen atoms in total. The molecule has 0 fully saturated rings. The molecule has 33 heavy (non-hydrogen) atoms. The van der Waals surface area contributed by atoms with Gasteiger partial charge in [0, 0.05) is 22.2 Å². The summed E-state index contributed by atoms with van der Waals surface area (Å²) < 4.78 is 1.39. The molecule has 5 rings (SSSR count). The number of H-pyrrole nitrogens is 1. The number of benzene rings is 3. The standard InChI is InChI=1S/C22H15ClN2O2.C3H2N2O/c23-17-11-7-10-16(14-17)21(26)19-20(15-8-3-1-4-9-15)24-25(22(19)27)18-12-5-2-6-13-18;6-3-1-2-4-5-3/h1-14,24H;1-2H. The predicted molar refractivity (Wildman–Crippen MR) is 126 cm³/mol. The topological polar surface area (TPSA) is 96.7 Å². The number of hydrogen-bond acceptors (Lipinski definition) is 4. The SMILES string of the molecule is O=C(c1cccc(Cl)c1)c1c(-c2ccccc2)[nH]n(-c2ccccc2)c1=O.O=C1C=CN=N1. The van der Waals surface area contributed by atoms with Crippen LogP contribution in [0.2, 0.25) is 5.02 Å². The number of azo groups is 1. The molecule has 1 amide bonds. The molecule has 0 atom stereocenters. The number of nitrogens with one attached hydrogen (secondary N) is 1. The third-order valence-electron chi connectivity index (χ3n) is 4.72. The van der Waals surface area contributed by atoms with E-state index < -0.39 is 5.56 Å². The van der Waals surface area contributed by atoms with E-state index in [1.165, 1.54) is 17.0 Å². The number of nitrogens with zero attached hydrogens (tertiary/aromatic N) is 3. The minimum absolute atomic E-state index is 0.0901. The molecular formula is C25H17ClN4O3. The minimum Gasteiger partial charge on any atom is -0.290 e. The van der Waals surface area contributed by atoms with Crippen LogP contribution < -0.4 is 5.56 Å². The highest BCUT2D eigenvalue weighted by atomic mass is 35.5. The van der Waals surface area contributed by atoms with Crippen molar-refractivity contribution in [2.24, 2.45) is 10.2 Å². The Labute approximate surface area is 193 Å². The molecule has 1 aliphatic rings. The Kier molecular flexibility index (Phi) is 6.52. The van der Waals surface area contributed by atoms with Gasteiger partial charge in [-0.2, -0.15) is 5.11 Å². The van der Waals surface area contributed by atoms with Crippen molar-refractivity contribution in [1.82, 2.24) is 9.78 Å². The number of halogens is 1. The van der Waals surface area contributed by atoms with Crippen molar-refractivity contribution >= 4 is 23.3 Å². The molecule has 2 heterocycles. The van der Waals surface area contributed by atoms with Crippen molar-refractivity contribution in [2.45, 2.75) is 0 Å². The summed E-state index contributed by atoms with van der Waals surface area (Å²) in [6.07, 6.45) is 2.67. The highest BCUT2D eigenvalue weighted by molar-refractivity contribution is 6.31. The lowest BCUT2D eigenvalue weighted by Crippen LogP contribution is -2.20. The fraction of sp³-hybridized carbons (Fsp3) is 0. The van der Waals surface area contributed by atoms with Crippen LogP contribution in [-0.4, -0.2) is 21.5 Å². The summed E-state index contributed by atoms with van der Waals surface area (Å²) in [5.41, 5.74) is 1.96. The van der Waals surface area contributed by atoms with E-state index in [1.54, 1.807) is 36.4 Å². The van der Waals surface area contributed by atoms with Crippen molar-refractivity contribution in [3.63, 3.8) is 0 Å². The van der Waals surface area contributed by atoms with Gasteiger partial charge >= 0.3 is 0 Å². The first-order chi connectivity index (χ1) is 16.0. The molecule has 0 saturated carbocycles. The molecule has 0 aliphatic carbocycles. The van der Waals surface area contributed by atoms with Crippen molar-refractivity contribution in [1.29, 1.82) is 0 Å². The number of para-hydroxylation sites is 1. The number of aromatic nitrogens is 2. The zero-order chi connectivity index (χ0) is 23.2. The monoisotopic (exact) mass is 456 g/mol. The van der Waals surface area contributed by atoms with Gasteiger partial charge in [-0.15, -0.1) is 5.11 Å². The number of amides is 1. The van der Waals surface area contributed by atoms with Crippen LogP contribution in [0.1, 0.15) is 15.9 Å². The summed E-state index contributed by atoms with van der Waals surface area (Å²) >= 11 is 6.03. The third kappa shape index (κ3) is 4.94. The van der Waals surface area contributed by atoms with Gasteiger partial charge in [-0.05, 0) is 24.3 Å². The lowest BCUT2D eigenvalue weighted by Gasteiger charge is -2.03. The molecule has 1 aromatic heterocycles. The second-order valence-corrected chi connectivity index (χ2v) is 7.35. The molecule has 3 aromatic carbocycles. The number of rotatable bonds is 4. The smallest absolute Gasteiger partial charge is 0.289 e. The number of carbonyl (C=O) groups is 2. The largest absolute Gasteiger partial charge is 0.290 e. The van der Waals surface area contributed by atoms with Crippen molar-refractivity contribution < 1.29 is 9.59 Å². The van der Waals surface area contributed by atoms with Gasteiger partial charge < -0.3 is 0 Å². The van der Waals surface area contributed by atoms with Crippen LogP contribution in [0.25, 0.3) is 16.9 Å². The second kappa shape index (κ2) is 9.84. The molecule has 0 spiro atoms. The molecule has 0 radical (unpaired) electrons. The van der Waals surface area contributed by atoms with Gasteiger partial charge in [-0.3, -0.25) is 19.5 Å². The third-order valence-corrected chi connectivity index (χ3v) is 4.96. The minimum atomic E-state index is -0.398. The predicted octanol–water partition coefficient (Wildman–Crippen LogP) is 5.21. The highest BCUT2D eigenvalue weighted by Crippen LogP contribution is 2.23. The average Bonchev–Trinajstić information content (AvgIpc) is 3.46. The van der Waals surface area contributed by atoms with Crippen molar-refractivity contribution in [2.75, 3.05) is 0 Å². The Bertz CT molecular complexity index is 1410. The molecule has 162 valence electrons. The van der Waals surface area contributed by atoms with E-state index in [4.69, 9.17) is 11.6 Å². The summed E-state index contributed by atoms with van der Waals surface area (Å²) in [5.74, 6) is -0.637. The van der Waals surface area contributed by atoms with E-state index >= 15 is 0 Å². The van der Waals surface area contributed by atoms with Gasteiger partial charge in [-0.25, -0.2) is 4.68 Å². The van der Waals surface area contributed by atoms with E-state index in [-0.39, 0.29) is 17.3 Å². The summed E-state index contributed by atoms with van der Waals surface area (Å²) in [5, 5.41) is 9.91. The van der Waals surface area contributed by atoms with Gasteiger partial charge in [-0.1, -0.05) is 72.3 Å². The zero-order valence-corrected chi connectivity index (χ0v) is 17.9. The van der Waals surface area contributed by atoms with Crippen LogP contribution in [0, 0.1) is 0 Å². The lowest BCUT2D eigenvalue weighted by molar-refractivity contribution is -0.113. The number of carbonyl (C=O) groups excluding carboxylic acids is 2. The average molecular weight is 457 g/mol. The Balaban J connectivity index is 0.000000376. The molecule has 1 N–H and O–H groups in total.